The second-order valence-corrected chi connectivity index (χ2v) is 5.72. The maximum Gasteiger partial charge on any atom is 0.223 e. The van der Waals surface area contributed by atoms with E-state index in [9.17, 15) is 0 Å². The molecule has 2 aromatic heterocycles. The molecule has 0 atom stereocenters. The molecule has 0 fully saturated rings. The zero-order chi connectivity index (χ0) is 11.5. The normalized spacial score (nSPS) is 10.4. The first-order valence-electron chi connectivity index (χ1n) is 4.40. The smallest absolute Gasteiger partial charge is 0.223 e. The highest BCUT2D eigenvalue weighted by molar-refractivity contribution is 9.11. The molecule has 0 aromatic carbocycles. The van der Waals surface area contributed by atoms with E-state index in [0.717, 1.165) is 3.79 Å². The van der Waals surface area contributed by atoms with Gasteiger partial charge in [0.1, 0.15) is 11.0 Å². The molecular weight excluding hydrogens is 312 g/mol. The van der Waals surface area contributed by atoms with E-state index in [1.54, 1.807) is 17.4 Å². The fourth-order valence-electron chi connectivity index (χ4n) is 1.16. The standard InChI is InChI=1S/C9H8BrClN4S/c10-6-1-5(4-16-6)3-13-8-2-7(11)14-9(12)15-8/h1-2,4H,3H2,(H3,12,13,14,15). The Kier molecular flexibility index (Phi) is 3.63. The Morgan fingerprint density at radius 1 is 1.44 bits per heavy atom. The van der Waals surface area contributed by atoms with E-state index in [2.05, 4.69) is 36.6 Å². The van der Waals surface area contributed by atoms with E-state index in [0.29, 0.717) is 17.5 Å². The Labute approximate surface area is 110 Å². The molecule has 0 saturated carbocycles. The van der Waals surface area contributed by atoms with Crippen molar-refractivity contribution in [1.82, 2.24) is 9.97 Å². The third-order valence-electron chi connectivity index (χ3n) is 1.81. The summed E-state index contributed by atoms with van der Waals surface area (Å²) in [5, 5.41) is 5.52. The zero-order valence-corrected chi connectivity index (χ0v) is 11.2. The van der Waals surface area contributed by atoms with E-state index in [1.165, 1.54) is 5.56 Å². The van der Waals surface area contributed by atoms with Crippen molar-refractivity contribution in [1.29, 1.82) is 0 Å². The fourth-order valence-corrected chi connectivity index (χ4v) is 2.56. The van der Waals surface area contributed by atoms with Crippen molar-refractivity contribution in [2.24, 2.45) is 0 Å². The summed E-state index contributed by atoms with van der Waals surface area (Å²) in [7, 11) is 0. The van der Waals surface area contributed by atoms with Gasteiger partial charge in [0.05, 0.1) is 3.79 Å². The van der Waals surface area contributed by atoms with Crippen LogP contribution >= 0.6 is 38.9 Å². The van der Waals surface area contributed by atoms with Crippen LogP contribution < -0.4 is 11.1 Å². The number of thiophene rings is 1. The lowest BCUT2D eigenvalue weighted by Gasteiger charge is -2.04. The van der Waals surface area contributed by atoms with Crippen LogP contribution in [0.3, 0.4) is 0 Å². The molecule has 0 aliphatic rings. The molecule has 0 spiro atoms. The van der Waals surface area contributed by atoms with Crippen LogP contribution in [0.1, 0.15) is 5.56 Å². The van der Waals surface area contributed by atoms with Gasteiger partial charge >= 0.3 is 0 Å². The highest BCUT2D eigenvalue weighted by Crippen LogP contribution is 2.21. The molecule has 0 aliphatic carbocycles. The molecule has 16 heavy (non-hydrogen) atoms. The van der Waals surface area contributed by atoms with Gasteiger partial charge in [0.25, 0.3) is 0 Å². The number of rotatable bonds is 3. The Morgan fingerprint density at radius 2 is 2.25 bits per heavy atom. The van der Waals surface area contributed by atoms with Crippen molar-refractivity contribution in [2.45, 2.75) is 6.54 Å². The first-order valence-corrected chi connectivity index (χ1v) is 6.45. The van der Waals surface area contributed by atoms with Gasteiger partial charge in [-0.1, -0.05) is 11.6 Å². The highest BCUT2D eigenvalue weighted by atomic mass is 79.9. The lowest BCUT2D eigenvalue weighted by molar-refractivity contribution is 1.10. The Bertz CT molecular complexity index is 482. The number of aromatic nitrogens is 2. The van der Waals surface area contributed by atoms with Crippen LogP contribution in [0.15, 0.2) is 21.3 Å². The summed E-state index contributed by atoms with van der Waals surface area (Å²) in [5.74, 6) is 0.793. The van der Waals surface area contributed by atoms with E-state index in [1.807, 2.05) is 6.07 Å². The average molecular weight is 320 g/mol. The van der Waals surface area contributed by atoms with Crippen LogP contribution in [-0.4, -0.2) is 9.97 Å². The molecule has 0 unspecified atom stereocenters. The SMILES string of the molecule is Nc1nc(Cl)cc(NCc2csc(Br)c2)n1. The fraction of sp³-hybridized carbons (Fsp3) is 0.111. The minimum atomic E-state index is 0.168. The predicted molar refractivity (Wildman–Crippen MR) is 70.8 cm³/mol. The van der Waals surface area contributed by atoms with Crippen LogP contribution in [0.4, 0.5) is 11.8 Å². The zero-order valence-electron chi connectivity index (χ0n) is 8.08. The Hall–Kier alpha value is -0.850. The topological polar surface area (TPSA) is 63.8 Å². The molecule has 84 valence electrons. The Morgan fingerprint density at radius 3 is 2.88 bits per heavy atom. The van der Waals surface area contributed by atoms with Gasteiger partial charge in [-0.3, -0.25) is 0 Å². The monoisotopic (exact) mass is 318 g/mol. The summed E-state index contributed by atoms with van der Waals surface area (Å²) in [6.45, 7) is 0.675. The molecule has 0 amide bonds. The third-order valence-corrected chi connectivity index (χ3v) is 3.55. The number of hydrogen-bond acceptors (Lipinski definition) is 5. The van der Waals surface area contributed by atoms with Gasteiger partial charge in [0, 0.05) is 12.6 Å². The maximum absolute atomic E-state index is 5.76. The lowest BCUT2D eigenvalue weighted by Crippen LogP contribution is -2.03. The number of nitrogens with two attached hydrogens (primary N) is 1. The quantitative estimate of drug-likeness (QED) is 0.853. The summed E-state index contributed by atoms with van der Waals surface area (Å²) >= 11 is 10.8. The van der Waals surface area contributed by atoms with E-state index in [4.69, 9.17) is 17.3 Å². The summed E-state index contributed by atoms with van der Waals surface area (Å²) in [5.41, 5.74) is 6.65. The van der Waals surface area contributed by atoms with Crippen molar-refractivity contribution in [3.8, 4) is 0 Å². The maximum atomic E-state index is 5.76. The Balaban J connectivity index is 2.04. The van der Waals surface area contributed by atoms with Crippen LogP contribution in [0.25, 0.3) is 0 Å². The van der Waals surface area contributed by atoms with Gasteiger partial charge in [-0.05, 0) is 32.9 Å². The minimum absolute atomic E-state index is 0.168. The number of nitrogens with one attached hydrogen (secondary N) is 1. The van der Waals surface area contributed by atoms with Crippen LogP contribution in [0, 0.1) is 0 Å². The van der Waals surface area contributed by atoms with Gasteiger partial charge in [0.2, 0.25) is 5.95 Å². The first-order chi connectivity index (χ1) is 7.63. The molecule has 0 radical (unpaired) electrons. The molecule has 7 heteroatoms. The van der Waals surface area contributed by atoms with Gasteiger partial charge in [-0.25, -0.2) is 4.98 Å². The second-order valence-electron chi connectivity index (χ2n) is 3.05. The third kappa shape index (κ3) is 3.07. The lowest BCUT2D eigenvalue weighted by atomic mass is 10.3. The molecule has 3 N–H and O–H groups in total. The number of halogens is 2. The number of nitrogen functional groups attached to an aromatic ring is 1. The predicted octanol–water partition coefficient (Wildman–Crippen LogP) is 3.15. The number of nitrogens with zero attached hydrogens (tertiary/aromatic N) is 2. The molecule has 0 saturated heterocycles. The van der Waals surface area contributed by atoms with Gasteiger partial charge in [-0.2, -0.15) is 4.98 Å². The molecule has 0 aliphatic heterocycles. The van der Waals surface area contributed by atoms with Crippen LogP contribution in [-0.2, 0) is 6.54 Å². The molecular formula is C9H8BrClN4S. The van der Waals surface area contributed by atoms with Crippen LogP contribution in [0.2, 0.25) is 5.15 Å². The molecule has 4 nitrogen and oxygen atoms in total. The van der Waals surface area contributed by atoms with Crippen molar-refractivity contribution in [3.05, 3.63) is 32.0 Å². The van der Waals surface area contributed by atoms with Crippen molar-refractivity contribution < 1.29 is 0 Å². The van der Waals surface area contributed by atoms with Crippen molar-refractivity contribution in [2.75, 3.05) is 11.1 Å². The molecule has 2 heterocycles. The van der Waals surface area contributed by atoms with E-state index >= 15 is 0 Å². The molecule has 2 aromatic rings. The summed E-state index contributed by atoms with van der Waals surface area (Å²) in [6.07, 6.45) is 0. The van der Waals surface area contributed by atoms with E-state index < -0.39 is 0 Å². The summed E-state index contributed by atoms with van der Waals surface area (Å²) in [6, 6.07) is 3.68. The second kappa shape index (κ2) is 4.99. The van der Waals surface area contributed by atoms with Crippen molar-refractivity contribution >= 4 is 50.6 Å². The van der Waals surface area contributed by atoms with Crippen molar-refractivity contribution in [3.63, 3.8) is 0 Å². The minimum Gasteiger partial charge on any atom is -0.368 e. The average Bonchev–Trinajstić information content (AvgIpc) is 2.60. The largest absolute Gasteiger partial charge is 0.368 e. The highest BCUT2D eigenvalue weighted by Gasteiger charge is 2.01. The molecule has 0 bridgehead atoms. The van der Waals surface area contributed by atoms with Gasteiger partial charge in [-0.15, -0.1) is 11.3 Å². The first kappa shape index (κ1) is 11.6. The summed E-state index contributed by atoms with van der Waals surface area (Å²) < 4.78 is 1.10. The summed E-state index contributed by atoms with van der Waals surface area (Å²) in [4.78, 5) is 7.80. The van der Waals surface area contributed by atoms with Crippen LogP contribution in [0.5, 0.6) is 0 Å². The number of hydrogen-bond donors (Lipinski definition) is 2. The molecule has 2 rings (SSSR count). The van der Waals surface area contributed by atoms with E-state index in [-0.39, 0.29) is 5.95 Å². The van der Waals surface area contributed by atoms with Gasteiger partial charge < -0.3 is 11.1 Å². The van der Waals surface area contributed by atoms with Gasteiger partial charge in [0.15, 0.2) is 0 Å². The number of anilines is 2.